The summed E-state index contributed by atoms with van der Waals surface area (Å²) >= 11 is 0. The average Bonchev–Trinajstić information content (AvgIpc) is 2.63. The molecule has 0 radical (unpaired) electrons. The molecular formula is C8H13N3O. The highest BCUT2D eigenvalue weighted by atomic mass is 16.3. The molecule has 1 aliphatic heterocycles. The van der Waals surface area contributed by atoms with Gasteiger partial charge in [-0.15, -0.1) is 0 Å². The molecule has 66 valence electrons. The second-order valence-electron chi connectivity index (χ2n) is 3.21. The molecule has 1 fully saturated rings. The molecular weight excluding hydrogens is 154 g/mol. The van der Waals surface area contributed by atoms with E-state index in [1.165, 1.54) is 0 Å². The van der Waals surface area contributed by atoms with Crippen LogP contribution >= 0.6 is 0 Å². The zero-order valence-corrected chi connectivity index (χ0v) is 6.90. The lowest BCUT2D eigenvalue weighted by atomic mass is 10.3. The maximum atomic E-state index is 9.26. The van der Waals surface area contributed by atoms with Gasteiger partial charge in [0.05, 0.1) is 12.6 Å². The van der Waals surface area contributed by atoms with Crippen LogP contribution in [0.1, 0.15) is 12.2 Å². The molecule has 2 rings (SSSR count). The van der Waals surface area contributed by atoms with Crippen molar-refractivity contribution >= 4 is 0 Å². The molecule has 0 bridgehead atoms. The Morgan fingerprint density at radius 2 is 2.67 bits per heavy atom. The fourth-order valence-corrected chi connectivity index (χ4v) is 1.55. The van der Waals surface area contributed by atoms with Crippen LogP contribution in [0.15, 0.2) is 12.4 Å². The first kappa shape index (κ1) is 7.76. The normalized spacial score (nSPS) is 24.9. The van der Waals surface area contributed by atoms with Crippen molar-refractivity contribution in [2.45, 2.75) is 19.1 Å². The molecule has 0 amide bonds. The molecule has 1 aromatic heterocycles. The Morgan fingerprint density at radius 3 is 3.25 bits per heavy atom. The third-order valence-corrected chi connectivity index (χ3v) is 2.18. The van der Waals surface area contributed by atoms with Crippen LogP contribution in [0.25, 0.3) is 0 Å². The molecule has 12 heavy (non-hydrogen) atoms. The van der Waals surface area contributed by atoms with Gasteiger partial charge in [0.1, 0.15) is 5.82 Å². The number of likely N-dealkylation sites (tertiary alicyclic amines) is 1. The van der Waals surface area contributed by atoms with Gasteiger partial charge < -0.3 is 10.1 Å². The number of imidazole rings is 1. The van der Waals surface area contributed by atoms with Crippen LogP contribution in [-0.4, -0.2) is 39.2 Å². The van der Waals surface area contributed by atoms with E-state index in [0.717, 1.165) is 31.9 Å². The highest BCUT2D eigenvalue weighted by molar-refractivity contribution is 4.88. The second kappa shape index (κ2) is 3.25. The number of β-amino-alcohol motifs (C(OH)–C–C–N with tert-alkyl or cyclic N) is 1. The van der Waals surface area contributed by atoms with Gasteiger partial charge >= 0.3 is 0 Å². The van der Waals surface area contributed by atoms with Crippen molar-refractivity contribution in [3.8, 4) is 0 Å². The number of rotatable bonds is 2. The minimum Gasteiger partial charge on any atom is -0.392 e. The molecule has 1 saturated heterocycles. The largest absolute Gasteiger partial charge is 0.392 e. The molecule has 4 nitrogen and oxygen atoms in total. The lowest BCUT2D eigenvalue weighted by Gasteiger charge is -2.11. The van der Waals surface area contributed by atoms with E-state index in [0.29, 0.717) is 0 Å². The van der Waals surface area contributed by atoms with Gasteiger partial charge in [0, 0.05) is 25.5 Å². The maximum absolute atomic E-state index is 9.26. The first-order chi connectivity index (χ1) is 5.84. The standard InChI is InChI=1S/C8H13N3O/c12-7-1-4-11(5-7)6-8-9-2-3-10-8/h2-3,7,12H,1,4-6H2,(H,9,10)/t7-/m0/s1. The summed E-state index contributed by atoms with van der Waals surface area (Å²) in [5.41, 5.74) is 0. The molecule has 2 heterocycles. The number of hydrogen-bond acceptors (Lipinski definition) is 3. The summed E-state index contributed by atoms with van der Waals surface area (Å²) in [6.07, 6.45) is 4.32. The first-order valence-corrected chi connectivity index (χ1v) is 4.23. The fraction of sp³-hybridized carbons (Fsp3) is 0.625. The van der Waals surface area contributed by atoms with Crippen LogP contribution in [-0.2, 0) is 6.54 Å². The lowest BCUT2D eigenvalue weighted by Crippen LogP contribution is -2.22. The van der Waals surface area contributed by atoms with E-state index in [9.17, 15) is 5.11 Å². The molecule has 0 aliphatic carbocycles. The zero-order valence-electron chi connectivity index (χ0n) is 6.90. The van der Waals surface area contributed by atoms with E-state index in [1.54, 1.807) is 6.20 Å². The molecule has 2 N–H and O–H groups in total. The molecule has 1 atom stereocenters. The van der Waals surface area contributed by atoms with E-state index >= 15 is 0 Å². The van der Waals surface area contributed by atoms with E-state index in [-0.39, 0.29) is 6.10 Å². The van der Waals surface area contributed by atoms with Crippen LogP contribution in [0, 0.1) is 0 Å². The summed E-state index contributed by atoms with van der Waals surface area (Å²) in [5.74, 6) is 0.976. The van der Waals surface area contributed by atoms with Gasteiger partial charge in [-0.05, 0) is 6.42 Å². The Balaban J connectivity index is 1.88. The van der Waals surface area contributed by atoms with Crippen LogP contribution < -0.4 is 0 Å². The zero-order chi connectivity index (χ0) is 8.39. The van der Waals surface area contributed by atoms with Gasteiger partial charge in [0.15, 0.2) is 0 Å². The van der Waals surface area contributed by atoms with Crippen LogP contribution in [0.2, 0.25) is 0 Å². The summed E-state index contributed by atoms with van der Waals surface area (Å²) in [5, 5.41) is 9.26. The quantitative estimate of drug-likeness (QED) is 0.650. The molecule has 4 heteroatoms. The molecule has 1 aliphatic rings. The number of nitrogens with one attached hydrogen (secondary N) is 1. The Kier molecular flexibility index (Phi) is 2.10. The Morgan fingerprint density at radius 1 is 1.75 bits per heavy atom. The summed E-state index contributed by atoms with van der Waals surface area (Å²) < 4.78 is 0. The Labute approximate surface area is 71.2 Å². The van der Waals surface area contributed by atoms with E-state index in [1.807, 2.05) is 6.20 Å². The van der Waals surface area contributed by atoms with Gasteiger partial charge in [-0.3, -0.25) is 4.90 Å². The summed E-state index contributed by atoms with van der Waals surface area (Å²) in [7, 11) is 0. The number of aliphatic hydroxyl groups excluding tert-OH is 1. The van der Waals surface area contributed by atoms with Crippen molar-refractivity contribution in [3.63, 3.8) is 0 Å². The van der Waals surface area contributed by atoms with Gasteiger partial charge in [-0.1, -0.05) is 0 Å². The first-order valence-electron chi connectivity index (χ1n) is 4.23. The number of H-pyrrole nitrogens is 1. The highest BCUT2D eigenvalue weighted by Gasteiger charge is 2.20. The maximum Gasteiger partial charge on any atom is 0.120 e. The molecule has 0 saturated carbocycles. The van der Waals surface area contributed by atoms with E-state index in [2.05, 4.69) is 14.9 Å². The van der Waals surface area contributed by atoms with Crippen molar-refractivity contribution in [3.05, 3.63) is 18.2 Å². The van der Waals surface area contributed by atoms with Gasteiger partial charge in [-0.2, -0.15) is 0 Å². The lowest BCUT2D eigenvalue weighted by molar-refractivity contribution is 0.174. The van der Waals surface area contributed by atoms with E-state index < -0.39 is 0 Å². The smallest absolute Gasteiger partial charge is 0.120 e. The van der Waals surface area contributed by atoms with Gasteiger partial charge in [-0.25, -0.2) is 4.98 Å². The van der Waals surface area contributed by atoms with E-state index in [4.69, 9.17) is 0 Å². The van der Waals surface area contributed by atoms with Crippen molar-refractivity contribution in [1.29, 1.82) is 0 Å². The highest BCUT2D eigenvalue weighted by Crippen LogP contribution is 2.10. The number of hydrogen-bond donors (Lipinski definition) is 2. The predicted molar refractivity (Wildman–Crippen MR) is 44.5 cm³/mol. The average molecular weight is 167 g/mol. The summed E-state index contributed by atoms with van der Waals surface area (Å²) in [4.78, 5) is 9.37. The molecule has 1 aromatic rings. The third kappa shape index (κ3) is 1.65. The number of aromatic nitrogens is 2. The van der Waals surface area contributed by atoms with Crippen molar-refractivity contribution < 1.29 is 5.11 Å². The second-order valence-corrected chi connectivity index (χ2v) is 3.21. The molecule has 0 spiro atoms. The number of aliphatic hydroxyl groups is 1. The van der Waals surface area contributed by atoms with Gasteiger partial charge in [0.25, 0.3) is 0 Å². The Bertz CT molecular complexity index is 234. The minimum atomic E-state index is -0.139. The number of nitrogens with zero attached hydrogens (tertiary/aromatic N) is 2. The topological polar surface area (TPSA) is 52.1 Å². The minimum absolute atomic E-state index is 0.139. The predicted octanol–water partition coefficient (Wildman–Crippen LogP) is -0.0237. The molecule has 0 aromatic carbocycles. The summed E-state index contributed by atoms with van der Waals surface area (Å²) in [6.45, 7) is 2.58. The van der Waals surface area contributed by atoms with Crippen LogP contribution in [0.5, 0.6) is 0 Å². The third-order valence-electron chi connectivity index (χ3n) is 2.18. The monoisotopic (exact) mass is 167 g/mol. The van der Waals surface area contributed by atoms with Crippen LogP contribution in [0.3, 0.4) is 0 Å². The van der Waals surface area contributed by atoms with Crippen molar-refractivity contribution in [2.24, 2.45) is 0 Å². The van der Waals surface area contributed by atoms with Crippen molar-refractivity contribution in [1.82, 2.24) is 14.9 Å². The SMILES string of the molecule is O[C@H]1CCN(Cc2ncc[nH]2)C1. The van der Waals surface area contributed by atoms with Crippen LogP contribution in [0.4, 0.5) is 0 Å². The van der Waals surface area contributed by atoms with Crippen molar-refractivity contribution in [2.75, 3.05) is 13.1 Å². The number of aromatic amines is 1. The fourth-order valence-electron chi connectivity index (χ4n) is 1.55. The Hall–Kier alpha value is -0.870. The summed E-state index contributed by atoms with van der Waals surface area (Å²) in [6, 6.07) is 0. The molecule has 0 unspecified atom stereocenters. The van der Waals surface area contributed by atoms with Gasteiger partial charge in [0.2, 0.25) is 0 Å².